The van der Waals surface area contributed by atoms with E-state index in [0.29, 0.717) is 11.0 Å². The summed E-state index contributed by atoms with van der Waals surface area (Å²) in [7, 11) is 0. The first-order valence-corrected chi connectivity index (χ1v) is 4.07. The molecule has 0 saturated carbocycles. The second kappa shape index (κ2) is 3.06. The Morgan fingerprint density at radius 1 is 1.31 bits per heavy atom. The number of para-hydroxylation sites is 1. The summed E-state index contributed by atoms with van der Waals surface area (Å²) in [5.74, 6) is 0.327. The SMILES string of the molecule is Nc1nncn1-c1ccccc1Cl. The number of aromatic nitrogens is 3. The average molecular weight is 195 g/mol. The summed E-state index contributed by atoms with van der Waals surface area (Å²) in [6.45, 7) is 0. The van der Waals surface area contributed by atoms with E-state index in [2.05, 4.69) is 10.2 Å². The molecule has 0 unspecified atom stereocenters. The highest BCUT2D eigenvalue weighted by molar-refractivity contribution is 6.32. The summed E-state index contributed by atoms with van der Waals surface area (Å²) >= 11 is 5.96. The van der Waals surface area contributed by atoms with Gasteiger partial charge in [-0.2, -0.15) is 0 Å². The molecule has 0 aliphatic carbocycles. The van der Waals surface area contributed by atoms with Crippen LogP contribution in [0.5, 0.6) is 0 Å². The van der Waals surface area contributed by atoms with Crippen molar-refractivity contribution in [2.75, 3.05) is 5.73 Å². The van der Waals surface area contributed by atoms with Gasteiger partial charge in [-0.1, -0.05) is 23.7 Å². The molecule has 5 heteroatoms. The molecule has 1 heterocycles. The third-order valence-corrected chi connectivity index (χ3v) is 2.01. The molecule has 66 valence electrons. The van der Waals surface area contributed by atoms with Gasteiger partial charge in [0.1, 0.15) is 6.33 Å². The van der Waals surface area contributed by atoms with Gasteiger partial charge in [0.25, 0.3) is 0 Å². The monoisotopic (exact) mass is 194 g/mol. The van der Waals surface area contributed by atoms with Crippen LogP contribution in [-0.4, -0.2) is 14.8 Å². The van der Waals surface area contributed by atoms with E-state index in [9.17, 15) is 0 Å². The predicted molar refractivity (Wildman–Crippen MR) is 50.8 cm³/mol. The van der Waals surface area contributed by atoms with Crippen LogP contribution in [0.2, 0.25) is 5.02 Å². The lowest BCUT2D eigenvalue weighted by molar-refractivity contribution is 1.07. The highest BCUT2D eigenvalue weighted by Gasteiger charge is 2.04. The maximum atomic E-state index is 5.96. The van der Waals surface area contributed by atoms with E-state index in [1.54, 1.807) is 10.6 Å². The number of nitrogen functional groups attached to an aromatic ring is 1. The largest absolute Gasteiger partial charge is 0.368 e. The first-order valence-electron chi connectivity index (χ1n) is 3.69. The Bertz CT molecular complexity index is 424. The lowest BCUT2D eigenvalue weighted by Gasteiger charge is -2.04. The van der Waals surface area contributed by atoms with Crippen molar-refractivity contribution in [1.29, 1.82) is 0 Å². The number of nitrogens with two attached hydrogens (primary N) is 1. The Labute approximate surface area is 80.0 Å². The molecule has 2 rings (SSSR count). The number of anilines is 1. The first-order chi connectivity index (χ1) is 6.29. The van der Waals surface area contributed by atoms with E-state index in [1.165, 1.54) is 6.33 Å². The van der Waals surface area contributed by atoms with Crippen LogP contribution >= 0.6 is 11.6 Å². The summed E-state index contributed by atoms with van der Waals surface area (Å²) in [6, 6.07) is 7.37. The van der Waals surface area contributed by atoms with E-state index in [-0.39, 0.29) is 0 Å². The standard InChI is InChI=1S/C8H7ClN4/c9-6-3-1-2-4-7(6)13-5-11-12-8(13)10/h1-5H,(H2,10,12). The van der Waals surface area contributed by atoms with Crippen LogP contribution in [0.25, 0.3) is 5.69 Å². The molecular weight excluding hydrogens is 188 g/mol. The molecular formula is C8H7ClN4. The molecule has 0 spiro atoms. The lowest BCUT2D eigenvalue weighted by Crippen LogP contribution is -1.99. The summed E-state index contributed by atoms with van der Waals surface area (Å²) in [5, 5.41) is 7.95. The molecule has 0 aliphatic rings. The molecule has 1 aromatic heterocycles. The van der Waals surface area contributed by atoms with Gasteiger partial charge in [-0.15, -0.1) is 10.2 Å². The third-order valence-electron chi connectivity index (χ3n) is 1.69. The molecule has 13 heavy (non-hydrogen) atoms. The topological polar surface area (TPSA) is 56.7 Å². The molecule has 0 saturated heterocycles. The van der Waals surface area contributed by atoms with Crippen molar-refractivity contribution >= 4 is 17.5 Å². The minimum atomic E-state index is 0.327. The number of hydrogen-bond acceptors (Lipinski definition) is 3. The molecule has 0 radical (unpaired) electrons. The van der Waals surface area contributed by atoms with E-state index in [1.807, 2.05) is 18.2 Å². The minimum Gasteiger partial charge on any atom is -0.368 e. The maximum Gasteiger partial charge on any atom is 0.226 e. The van der Waals surface area contributed by atoms with Gasteiger partial charge in [-0.05, 0) is 12.1 Å². The van der Waals surface area contributed by atoms with Crippen molar-refractivity contribution in [3.05, 3.63) is 35.6 Å². The highest BCUT2D eigenvalue weighted by Crippen LogP contribution is 2.20. The fourth-order valence-electron chi connectivity index (χ4n) is 1.08. The minimum absolute atomic E-state index is 0.327. The van der Waals surface area contributed by atoms with Crippen molar-refractivity contribution in [1.82, 2.24) is 14.8 Å². The number of nitrogens with zero attached hydrogens (tertiary/aromatic N) is 3. The van der Waals surface area contributed by atoms with E-state index >= 15 is 0 Å². The van der Waals surface area contributed by atoms with Crippen molar-refractivity contribution in [2.45, 2.75) is 0 Å². The van der Waals surface area contributed by atoms with E-state index in [0.717, 1.165) is 5.69 Å². The summed E-state index contributed by atoms with van der Waals surface area (Å²) in [5.41, 5.74) is 6.36. The molecule has 0 amide bonds. The summed E-state index contributed by atoms with van der Waals surface area (Å²) in [6.07, 6.45) is 1.52. The number of benzene rings is 1. The van der Waals surface area contributed by atoms with Crippen LogP contribution in [0.4, 0.5) is 5.95 Å². The number of halogens is 1. The highest BCUT2D eigenvalue weighted by atomic mass is 35.5. The van der Waals surface area contributed by atoms with Crippen molar-refractivity contribution in [2.24, 2.45) is 0 Å². The Morgan fingerprint density at radius 3 is 2.69 bits per heavy atom. The summed E-state index contributed by atoms with van der Waals surface area (Å²) < 4.78 is 1.63. The third kappa shape index (κ3) is 1.36. The fourth-order valence-corrected chi connectivity index (χ4v) is 1.30. The Kier molecular flexibility index (Phi) is 1.90. The van der Waals surface area contributed by atoms with Gasteiger partial charge in [-0.25, -0.2) is 0 Å². The second-order valence-corrected chi connectivity index (χ2v) is 2.92. The van der Waals surface area contributed by atoms with Crippen molar-refractivity contribution < 1.29 is 0 Å². The van der Waals surface area contributed by atoms with Crippen LogP contribution in [0.15, 0.2) is 30.6 Å². The fraction of sp³-hybridized carbons (Fsp3) is 0. The molecule has 1 aromatic carbocycles. The van der Waals surface area contributed by atoms with E-state index in [4.69, 9.17) is 17.3 Å². The van der Waals surface area contributed by atoms with Crippen molar-refractivity contribution in [3.63, 3.8) is 0 Å². The predicted octanol–water partition coefficient (Wildman–Crippen LogP) is 1.50. The number of hydrogen-bond donors (Lipinski definition) is 1. The molecule has 4 nitrogen and oxygen atoms in total. The van der Waals surface area contributed by atoms with Gasteiger partial charge >= 0.3 is 0 Å². The molecule has 2 aromatic rings. The molecule has 0 bridgehead atoms. The maximum absolute atomic E-state index is 5.96. The first kappa shape index (κ1) is 8.07. The van der Waals surface area contributed by atoms with Gasteiger partial charge in [-0.3, -0.25) is 4.57 Å². The number of rotatable bonds is 1. The molecule has 0 aliphatic heterocycles. The van der Waals surface area contributed by atoms with Gasteiger partial charge in [0.15, 0.2) is 0 Å². The zero-order chi connectivity index (χ0) is 9.26. The molecule has 2 N–H and O–H groups in total. The average Bonchev–Trinajstić information content (AvgIpc) is 2.52. The summed E-state index contributed by atoms with van der Waals surface area (Å²) in [4.78, 5) is 0. The van der Waals surface area contributed by atoms with Crippen molar-refractivity contribution in [3.8, 4) is 5.69 Å². The van der Waals surface area contributed by atoms with Crippen LogP contribution in [0.1, 0.15) is 0 Å². The van der Waals surface area contributed by atoms with Gasteiger partial charge < -0.3 is 5.73 Å². The zero-order valence-corrected chi connectivity index (χ0v) is 7.44. The zero-order valence-electron chi connectivity index (χ0n) is 6.68. The Morgan fingerprint density at radius 2 is 2.08 bits per heavy atom. The van der Waals surface area contributed by atoms with Crippen LogP contribution in [-0.2, 0) is 0 Å². The van der Waals surface area contributed by atoms with Crippen LogP contribution in [0.3, 0.4) is 0 Å². The molecule has 0 fully saturated rings. The van der Waals surface area contributed by atoms with Crippen LogP contribution in [0, 0.1) is 0 Å². The smallest absolute Gasteiger partial charge is 0.226 e. The van der Waals surface area contributed by atoms with Gasteiger partial charge in [0.2, 0.25) is 5.95 Å². The lowest BCUT2D eigenvalue weighted by atomic mass is 10.3. The van der Waals surface area contributed by atoms with Crippen LogP contribution < -0.4 is 5.73 Å². The Balaban J connectivity index is 2.59. The van der Waals surface area contributed by atoms with Gasteiger partial charge in [0.05, 0.1) is 10.7 Å². The normalized spacial score (nSPS) is 10.2. The molecule has 0 atom stereocenters. The van der Waals surface area contributed by atoms with E-state index < -0.39 is 0 Å². The Hall–Kier alpha value is -1.55. The van der Waals surface area contributed by atoms with Gasteiger partial charge in [0, 0.05) is 0 Å². The quantitative estimate of drug-likeness (QED) is 0.749. The second-order valence-electron chi connectivity index (χ2n) is 2.51.